The van der Waals surface area contributed by atoms with Crippen molar-refractivity contribution < 1.29 is 9.72 Å². The lowest BCUT2D eigenvalue weighted by Gasteiger charge is -2.35. The molecule has 0 aliphatic heterocycles. The molecule has 0 aliphatic rings. The van der Waals surface area contributed by atoms with E-state index in [1.165, 1.54) is 12.1 Å². The van der Waals surface area contributed by atoms with Gasteiger partial charge in [0.05, 0.1) is 9.95 Å². The Kier molecular flexibility index (Phi) is 5.17. The lowest BCUT2D eigenvalue weighted by molar-refractivity contribution is -0.384. The van der Waals surface area contributed by atoms with E-state index < -0.39 is 4.92 Å². The monoisotopic (exact) mass is 313 g/mol. The van der Waals surface area contributed by atoms with Crippen LogP contribution in [0.5, 0.6) is 0 Å². The Balaban J connectivity index is 3.32. The fourth-order valence-corrected chi connectivity index (χ4v) is 2.12. The molecule has 1 N–H and O–H groups in total. The Labute approximate surface area is 129 Å². The maximum atomic E-state index is 12.5. The van der Waals surface area contributed by atoms with Crippen LogP contribution in [0, 0.1) is 10.1 Å². The maximum absolute atomic E-state index is 12.5. The molecule has 0 aromatic heterocycles. The largest absolute Gasteiger partial charge is 0.381 e. The minimum Gasteiger partial charge on any atom is -0.381 e. The molecule has 21 heavy (non-hydrogen) atoms. The summed E-state index contributed by atoms with van der Waals surface area (Å²) in [5.41, 5.74) is -0.151. The van der Waals surface area contributed by atoms with Crippen LogP contribution in [0.2, 0.25) is 5.02 Å². The summed E-state index contributed by atoms with van der Waals surface area (Å²) in [7, 11) is 3.22. The summed E-state index contributed by atoms with van der Waals surface area (Å²) in [4.78, 5) is 24.6. The zero-order valence-electron chi connectivity index (χ0n) is 12.9. The SMILES string of the molecule is CCC(C)(C)N(C)C(=O)c1cc(Cl)c(NC)c([N+](=O)[O-])c1. The first-order valence-electron chi connectivity index (χ1n) is 6.59. The van der Waals surface area contributed by atoms with Crippen molar-refractivity contribution in [1.82, 2.24) is 4.90 Å². The van der Waals surface area contributed by atoms with Crippen molar-refractivity contribution in [3.63, 3.8) is 0 Å². The highest BCUT2D eigenvalue weighted by Gasteiger charge is 2.28. The number of anilines is 1. The lowest BCUT2D eigenvalue weighted by atomic mass is 9.98. The van der Waals surface area contributed by atoms with E-state index in [-0.39, 0.29) is 33.4 Å². The highest BCUT2D eigenvalue weighted by atomic mass is 35.5. The van der Waals surface area contributed by atoms with Gasteiger partial charge < -0.3 is 10.2 Å². The van der Waals surface area contributed by atoms with E-state index >= 15 is 0 Å². The average Bonchev–Trinajstić information content (AvgIpc) is 2.44. The van der Waals surface area contributed by atoms with E-state index in [9.17, 15) is 14.9 Å². The zero-order chi connectivity index (χ0) is 16.4. The molecule has 0 unspecified atom stereocenters. The molecule has 0 heterocycles. The van der Waals surface area contributed by atoms with Crippen LogP contribution in [0.15, 0.2) is 12.1 Å². The second kappa shape index (κ2) is 6.30. The van der Waals surface area contributed by atoms with Crippen molar-refractivity contribution >= 4 is 28.9 Å². The van der Waals surface area contributed by atoms with Gasteiger partial charge in [0.1, 0.15) is 5.69 Å². The number of hydrogen-bond acceptors (Lipinski definition) is 4. The van der Waals surface area contributed by atoms with Crippen molar-refractivity contribution in [3.05, 3.63) is 32.8 Å². The quantitative estimate of drug-likeness (QED) is 0.666. The molecule has 0 saturated heterocycles. The molecule has 1 rings (SSSR count). The third kappa shape index (κ3) is 3.44. The van der Waals surface area contributed by atoms with Gasteiger partial charge in [-0.1, -0.05) is 18.5 Å². The minimum atomic E-state index is -0.556. The molecule has 1 amide bonds. The highest BCUT2D eigenvalue weighted by Crippen LogP contribution is 2.34. The van der Waals surface area contributed by atoms with Crippen LogP contribution in [0.3, 0.4) is 0 Å². The number of benzene rings is 1. The summed E-state index contributed by atoms with van der Waals surface area (Å²) in [6.45, 7) is 5.84. The predicted octanol–water partition coefficient (Wildman–Crippen LogP) is 3.55. The van der Waals surface area contributed by atoms with Crippen molar-refractivity contribution in [2.45, 2.75) is 32.7 Å². The molecule has 116 valence electrons. The number of halogens is 1. The summed E-state index contributed by atoms with van der Waals surface area (Å²) in [6.07, 6.45) is 0.764. The summed E-state index contributed by atoms with van der Waals surface area (Å²) < 4.78 is 0. The van der Waals surface area contributed by atoms with Crippen molar-refractivity contribution in [2.24, 2.45) is 0 Å². The van der Waals surface area contributed by atoms with Gasteiger partial charge in [-0.15, -0.1) is 0 Å². The number of nitrogens with one attached hydrogen (secondary N) is 1. The van der Waals surface area contributed by atoms with E-state index in [0.717, 1.165) is 6.42 Å². The number of carbonyl (C=O) groups excluding carboxylic acids is 1. The third-order valence-corrected chi connectivity index (χ3v) is 4.14. The van der Waals surface area contributed by atoms with E-state index in [1.54, 1.807) is 19.0 Å². The van der Waals surface area contributed by atoms with Crippen LogP contribution in [0.1, 0.15) is 37.6 Å². The molecule has 1 aromatic carbocycles. The standard InChI is InChI=1S/C14H20ClN3O3/c1-6-14(2,3)17(5)13(19)9-7-10(15)12(16-4)11(8-9)18(20)21/h7-8,16H,6H2,1-5H3. The molecule has 6 nitrogen and oxygen atoms in total. The molecule has 0 saturated carbocycles. The van der Waals surface area contributed by atoms with Crippen LogP contribution < -0.4 is 5.32 Å². The molecular formula is C14H20ClN3O3. The second-order valence-electron chi connectivity index (χ2n) is 5.39. The molecule has 7 heteroatoms. The third-order valence-electron chi connectivity index (χ3n) is 3.84. The first-order chi connectivity index (χ1) is 9.65. The van der Waals surface area contributed by atoms with Gasteiger partial charge in [-0.2, -0.15) is 0 Å². The van der Waals surface area contributed by atoms with E-state index in [4.69, 9.17) is 11.6 Å². The smallest absolute Gasteiger partial charge is 0.294 e. The van der Waals surface area contributed by atoms with Gasteiger partial charge in [-0.05, 0) is 26.3 Å². The van der Waals surface area contributed by atoms with Gasteiger partial charge in [-0.25, -0.2) is 0 Å². The molecule has 1 aromatic rings. The summed E-state index contributed by atoms with van der Waals surface area (Å²) in [5.74, 6) is -0.297. The van der Waals surface area contributed by atoms with Crippen molar-refractivity contribution in [1.29, 1.82) is 0 Å². The van der Waals surface area contributed by atoms with Gasteiger partial charge >= 0.3 is 0 Å². The number of amides is 1. The number of rotatable bonds is 5. The van der Waals surface area contributed by atoms with Crippen LogP contribution in [-0.2, 0) is 0 Å². The van der Waals surface area contributed by atoms with Crippen LogP contribution in [0.25, 0.3) is 0 Å². The van der Waals surface area contributed by atoms with Gasteiger partial charge in [0.2, 0.25) is 0 Å². The normalized spacial score (nSPS) is 11.1. The predicted molar refractivity (Wildman–Crippen MR) is 84.1 cm³/mol. The van der Waals surface area contributed by atoms with Crippen LogP contribution >= 0.6 is 11.6 Å². The Morgan fingerprint density at radius 1 is 1.48 bits per heavy atom. The van der Waals surface area contributed by atoms with Crippen molar-refractivity contribution in [2.75, 3.05) is 19.4 Å². The first-order valence-corrected chi connectivity index (χ1v) is 6.97. The molecule has 0 bridgehead atoms. The molecule has 0 aliphatic carbocycles. The Morgan fingerprint density at radius 3 is 2.48 bits per heavy atom. The van der Waals surface area contributed by atoms with E-state index in [0.29, 0.717) is 0 Å². The molecular weight excluding hydrogens is 294 g/mol. The fourth-order valence-electron chi connectivity index (χ4n) is 1.81. The Hall–Kier alpha value is -1.82. The molecule has 0 spiro atoms. The van der Waals surface area contributed by atoms with Crippen LogP contribution in [-0.4, -0.2) is 35.4 Å². The van der Waals surface area contributed by atoms with Gasteiger partial charge in [0.25, 0.3) is 11.6 Å². The maximum Gasteiger partial charge on any atom is 0.294 e. The summed E-state index contributed by atoms with van der Waals surface area (Å²) in [5, 5.41) is 13.9. The summed E-state index contributed by atoms with van der Waals surface area (Å²) >= 11 is 6.04. The second-order valence-corrected chi connectivity index (χ2v) is 5.80. The topological polar surface area (TPSA) is 75.5 Å². The Morgan fingerprint density at radius 2 is 2.05 bits per heavy atom. The zero-order valence-corrected chi connectivity index (χ0v) is 13.6. The Bertz CT molecular complexity index is 573. The minimum absolute atomic E-state index is 0.151. The number of nitro benzene ring substituents is 1. The van der Waals surface area contributed by atoms with Gasteiger partial charge in [-0.3, -0.25) is 14.9 Å². The summed E-state index contributed by atoms with van der Waals surface area (Å²) in [6, 6.07) is 2.70. The fraction of sp³-hybridized carbons (Fsp3) is 0.500. The molecule has 0 radical (unpaired) electrons. The molecule has 0 atom stereocenters. The first kappa shape index (κ1) is 17.2. The van der Waals surface area contributed by atoms with Crippen LogP contribution in [0.4, 0.5) is 11.4 Å². The number of nitro groups is 1. The number of nitrogens with zero attached hydrogens (tertiary/aromatic N) is 2. The number of hydrogen-bond donors (Lipinski definition) is 1. The lowest BCUT2D eigenvalue weighted by Crippen LogP contribution is -2.44. The van der Waals surface area contributed by atoms with Gasteiger partial charge in [0, 0.05) is 31.3 Å². The highest BCUT2D eigenvalue weighted by molar-refractivity contribution is 6.34. The number of carbonyl (C=O) groups is 1. The van der Waals surface area contributed by atoms with Crippen molar-refractivity contribution in [3.8, 4) is 0 Å². The van der Waals surface area contributed by atoms with Gasteiger partial charge in [0.15, 0.2) is 0 Å². The average molecular weight is 314 g/mol. The molecule has 0 fully saturated rings. The van der Waals surface area contributed by atoms with E-state index in [1.807, 2.05) is 20.8 Å². The van der Waals surface area contributed by atoms with E-state index in [2.05, 4.69) is 5.32 Å².